The van der Waals surface area contributed by atoms with Crippen molar-refractivity contribution in [1.29, 1.82) is 0 Å². The Hall–Kier alpha value is -2.19. The molecule has 1 aromatic rings. The van der Waals surface area contributed by atoms with Crippen LogP contribution in [0.15, 0.2) is 18.3 Å². The van der Waals surface area contributed by atoms with Crippen molar-refractivity contribution in [3.05, 3.63) is 23.9 Å². The molecule has 0 aromatic carbocycles. The number of nitrogens with one attached hydrogen (secondary N) is 1. The number of pyridine rings is 1. The minimum Gasteiger partial charge on any atom is -0.353 e. The van der Waals surface area contributed by atoms with Crippen molar-refractivity contribution < 1.29 is 9.59 Å². The molecule has 2 aliphatic carbocycles. The summed E-state index contributed by atoms with van der Waals surface area (Å²) in [7, 11) is 0. The molecule has 5 N–H and O–H groups in total. The number of hydrogen-bond acceptors (Lipinski definition) is 6. The van der Waals surface area contributed by atoms with E-state index in [1.165, 1.54) is 0 Å². The average molecular weight is 429 g/mol. The van der Waals surface area contributed by atoms with Crippen molar-refractivity contribution in [2.75, 3.05) is 31.1 Å². The van der Waals surface area contributed by atoms with Gasteiger partial charge in [0.25, 0.3) is 0 Å². The van der Waals surface area contributed by atoms with Gasteiger partial charge in [-0.25, -0.2) is 4.98 Å². The summed E-state index contributed by atoms with van der Waals surface area (Å²) >= 11 is 0. The second-order valence-electron chi connectivity index (χ2n) is 10.1. The number of carbonyl (C=O) groups excluding carboxylic acids is 2. The average Bonchev–Trinajstić information content (AvgIpc) is 3.49. The van der Waals surface area contributed by atoms with E-state index in [9.17, 15) is 9.59 Å². The molecule has 1 aromatic heterocycles. The zero-order valence-electron chi connectivity index (χ0n) is 18.8. The molecular weight excluding hydrogens is 392 g/mol. The van der Waals surface area contributed by atoms with Gasteiger partial charge in [-0.15, -0.1) is 0 Å². The Morgan fingerprint density at radius 2 is 1.74 bits per heavy atom. The summed E-state index contributed by atoms with van der Waals surface area (Å²) in [6.45, 7) is 6.70. The fraction of sp³-hybridized carbons (Fsp3) is 0.696. The molecule has 170 valence electrons. The van der Waals surface area contributed by atoms with Crippen molar-refractivity contribution in [2.24, 2.45) is 23.3 Å². The van der Waals surface area contributed by atoms with E-state index in [1.807, 2.05) is 37.1 Å². The van der Waals surface area contributed by atoms with Gasteiger partial charge in [0.15, 0.2) is 0 Å². The molecule has 0 spiro atoms. The van der Waals surface area contributed by atoms with Crippen molar-refractivity contribution in [1.82, 2.24) is 15.2 Å². The summed E-state index contributed by atoms with van der Waals surface area (Å²) in [6, 6.07) is 4.03. The first-order valence-corrected chi connectivity index (χ1v) is 11.6. The maximum absolute atomic E-state index is 13.3. The Kier molecular flexibility index (Phi) is 5.96. The lowest BCUT2D eigenvalue weighted by Crippen LogP contribution is -2.54. The quantitative estimate of drug-likeness (QED) is 0.609. The minimum absolute atomic E-state index is 0.0381. The van der Waals surface area contributed by atoms with E-state index in [0.717, 1.165) is 63.0 Å². The van der Waals surface area contributed by atoms with Crippen molar-refractivity contribution in [2.45, 2.75) is 63.6 Å². The summed E-state index contributed by atoms with van der Waals surface area (Å²) < 4.78 is 0. The number of rotatable bonds is 5. The van der Waals surface area contributed by atoms with E-state index in [-0.39, 0.29) is 23.7 Å². The fourth-order valence-corrected chi connectivity index (χ4v) is 4.68. The zero-order valence-corrected chi connectivity index (χ0v) is 18.8. The van der Waals surface area contributed by atoms with Crippen molar-refractivity contribution in [3.8, 4) is 0 Å². The summed E-state index contributed by atoms with van der Waals surface area (Å²) in [5.74, 6) is 0.507. The zero-order chi connectivity index (χ0) is 22.2. The lowest BCUT2D eigenvalue weighted by Gasteiger charge is -2.39. The Morgan fingerprint density at radius 3 is 2.29 bits per heavy atom. The number of nitrogens with two attached hydrogens (primary N) is 2. The number of hydrogen-bond donors (Lipinski definition) is 3. The largest absolute Gasteiger partial charge is 0.353 e. The van der Waals surface area contributed by atoms with E-state index in [2.05, 4.69) is 15.2 Å². The van der Waals surface area contributed by atoms with Crippen molar-refractivity contribution >= 4 is 17.6 Å². The summed E-state index contributed by atoms with van der Waals surface area (Å²) in [5, 5.41) is 2.97. The molecule has 0 bridgehead atoms. The molecule has 2 atom stereocenters. The normalized spacial score (nSPS) is 25.8. The van der Waals surface area contributed by atoms with Crippen LogP contribution in [-0.2, 0) is 15.1 Å². The highest BCUT2D eigenvalue weighted by Gasteiger charge is 2.44. The third-order valence-electron chi connectivity index (χ3n) is 6.99. The Bertz CT molecular complexity index is 806. The third-order valence-corrected chi connectivity index (χ3v) is 6.99. The summed E-state index contributed by atoms with van der Waals surface area (Å²) in [5.41, 5.74) is 12.3. The van der Waals surface area contributed by atoms with E-state index >= 15 is 0 Å². The maximum atomic E-state index is 13.3. The fourth-order valence-electron chi connectivity index (χ4n) is 4.68. The van der Waals surface area contributed by atoms with Crippen LogP contribution >= 0.6 is 0 Å². The molecule has 0 unspecified atom stereocenters. The monoisotopic (exact) mass is 428 g/mol. The Morgan fingerprint density at radius 1 is 1.10 bits per heavy atom. The van der Waals surface area contributed by atoms with Gasteiger partial charge in [-0.05, 0) is 51.2 Å². The van der Waals surface area contributed by atoms with Gasteiger partial charge in [-0.2, -0.15) is 0 Å². The molecule has 8 nitrogen and oxygen atoms in total. The predicted octanol–water partition coefficient (Wildman–Crippen LogP) is 1.30. The second-order valence-corrected chi connectivity index (χ2v) is 10.1. The smallest absolute Gasteiger partial charge is 0.226 e. The first-order chi connectivity index (χ1) is 14.7. The molecule has 2 saturated carbocycles. The van der Waals surface area contributed by atoms with Crippen LogP contribution in [0.4, 0.5) is 5.82 Å². The SMILES string of the molecule is CC(C)(N)c1ccc(N2CCN(C(=O)[C@@H]3CCCC[C@H]3C(=O)NC3(N)CC3)CC2)nc1. The van der Waals surface area contributed by atoms with E-state index < -0.39 is 11.2 Å². The molecule has 1 saturated heterocycles. The molecule has 8 heteroatoms. The predicted molar refractivity (Wildman–Crippen MR) is 120 cm³/mol. The molecule has 1 aliphatic heterocycles. The highest BCUT2D eigenvalue weighted by molar-refractivity contribution is 5.88. The molecule has 3 aliphatic rings. The van der Waals surface area contributed by atoms with Crippen molar-refractivity contribution in [3.63, 3.8) is 0 Å². The van der Waals surface area contributed by atoms with Gasteiger partial charge in [0, 0.05) is 49.8 Å². The Balaban J connectivity index is 1.35. The van der Waals surface area contributed by atoms with E-state index in [0.29, 0.717) is 13.1 Å². The number of carbonyl (C=O) groups is 2. The van der Waals surface area contributed by atoms with Crippen LogP contribution in [0.3, 0.4) is 0 Å². The van der Waals surface area contributed by atoms with Gasteiger partial charge >= 0.3 is 0 Å². The first kappa shape index (κ1) is 22.0. The molecule has 31 heavy (non-hydrogen) atoms. The number of nitrogens with zero attached hydrogens (tertiary/aromatic N) is 3. The van der Waals surface area contributed by atoms with Gasteiger partial charge in [0.1, 0.15) is 5.82 Å². The van der Waals surface area contributed by atoms with Gasteiger partial charge in [-0.3, -0.25) is 9.59 Å². The van der Waals surface area contributed by atoms with Gasteiger partial charge in [-0.1, -0.05) is 18.9 Å². The van der Waals surface area contributed by atoms with Gasteiger partial charge in [0.05, 0.1) is 5.66 Å². The van der Waals surface area contributed by atoms with Crippen LogP contribution in [0, 0.1) is 11.8 Å². The second kappa shape index (κ2) is 8.39. The molecule has 0 radical (unpaired) electrons. The summed E-state index contributed by atoms with van der Waals surface area (Å²) in [6.07, 6.45) is 7.03. The molecule has 4 rings (SSSR count). The minimum atomic E-state index is -0.532. The maximum Gasteiger partial charge on any atom is 0.226 e. The number of anilines is 1. The number of aromatic nitrogens is 1. The van der Waals surface area contributed by atoms with Crippen LogP contribution in [0.2, 0.25) is 0 Å². The third kappa shape index (κ3) is 5.01. The summed E-state index contributed by atoms with van der Waals surface area (Å²) in [4.78, 5) is 34.8. The first-order valence-electron chi connectivity index (χ1n) is 11.6. The highest BCUT2D eigenvalue weighted by atomic mass is 16.2. The van der Waals surface area contributed by atoms with E-state index in [4.69, 9.17) is 11.5 Å². The number of piperazine rings is 1. The van der Waals surface area contributed by atoms with Crippen LogP contribution in [0.5, 0.6) is 0 Å². The number of amides is 2. The molecule has 3 fully saturated rings. The van der Waals surface area contributed by atoms with Crippen LogP contribution in [0.25, 0.3) is 0 Å². The molecule has 2 heterocycles. The van der Waals surface area contributed by atoms with Crippen LogP contribution < -0.4 is 21.7 Å². The lowest BCUT2D eigenvalue weighted by atomic mass is 9.77. The molecular formula is C23H36N6O2. The van der Waals surface area contributed by atoms with Crippen LogP contribution in [-0.4, -0.2) is 53.5 Å². The standard InChI is InChI=1S/C23H36N6O2/c1-22(2,24)16-7-8-19(26-15-16)28-11-13-29(14-12-28)21(31)18-6-4-3-5-17(18)20(30)27-23(25)9-10-23/h7-8,15,17-18H,3-6,9-14,24-25H2,1-2H3,(H,27,30)/t17-,18-/m1/s1. The van der Waals surface area contributed by atoms with E-state index in [1.54, 1.807) is 0 Å². The van der Waals surface area contributed by atoms with Gasteiger partial charge in [0.2, 0.25) is 11.8 Å². The van der Waals surface area contributed by atoms with Gasteiger partial charge < -0.3 is 26.6 Å². The highest BCUT2D eigenvalue weighted by Crippen LogP contribution is 2.35. The van der Waals surface area contributed by atoms with Crippen LogP contribution in [0.1, 0.15) is 57.9 Å². The molecule has 2 amide bonds. The topological polar surface area (TPSA) is 118 Å². The Labute approximate surface area is 184 Å². The lowest BCUT2D eigenvalue weighted by molar-refractivity contribution is -0.144.